The molecule has 0 radical (unpaired) electrons. The van der Waals surface area contributed by atoms with Crippen molar-refractivity contribution in [3.05, 3.63) is 30.3 Å². The van der Waals surface area contributed by atoms with Crippen molar-refractivity contribution in [1.82, 2.24) is 0 Å². The van der Waals surface area contributed by atoms with E-state index in [1.54, 1.807) is 24.3 Å². The van der Waals surface area contributed by atoms with E-state index in [2.05, 4.69) is 19.6 Å². The molecule has 1 saturated carbocycles. The van der Waals surface area contributed by atoms with Crippen molar-refractivity contribution in [2.45, 2.75) is 121 Å². The molecule has 0 amide bonds. The van der Waals surface area contributed by atoms with Gasteiger partial charge in [0.15, 0.2) is 0 Å². The fourth-order valence-corrected chi connectivity index (χ4v) is 7.58. The molecule has 1 aliphatic rings. The van der Waals surface area contributed by atoms with Crippen LogP contribution in [-0.4, -0.2) is 25.1 Å². The van der Waals surface area contributed by atoms with Crippen molar-refractivity contribution in [1.29, 1.82) is 0 Å². The highest BCUT2D eigenvalue weighted by atomic mass is 31.2. The van der Waals surface area contributed by atoms with Gasteiger partial charge < -0.3 is 15.2 Å². The van der Waals surface area contributed by atoms with Gasteiger partial charge in [-0.15, -0.1) is 0 Å². The quantitative estimate of drug-likeness (QED) is 0.140. The predicted molar refractivity (Wildman–Crippen MR) is 145 cm³/mol. The summed E-state index contributed by atoms with van der Waals surface area (Å²) in [6.45, 7) is 7.58. The van der Waals surface area contributed by atoms with Crippen LogP contribution in [0.3, 0.4) is 0 Å². The molecule has 0 aliphatic heterocycles. The van der Waals surface area contributed by atoms with Gasteiger partial charge >= 0.3 is 7.60 Å². The van der Waals surface area contributed by atoms with Gasteiger partial charge in [-0.3, -0.25) is 4.57 Å². The van der Waals surface area contributed by atoms with Gasteiger partial charge in [-0.1, -0.05) is 108 Å². The maximum absolute atomic E-state index is 12.5. The summed E-state index contributed by atoms with van der Waals surface area (Å²) in [4.78, 5) is 10.3. The Kier molecular flexibility index (Phi) is 12.4. The Hall–Kier alpha value is -0.453. The van der Waals surface area contributed by atoms with Crippen LogP contribution < -0.4 is 11.0 Å². The molecule has 1 fully saturated rings. The van der Waals surface area contributed by atoms with Crippen LogP contribution in [0.1, 0.15) is 89.9 Å². The Morgan fingerprint density at radius 2 is 1.58 bits per heavy atom. The van der Waals surface area contributed by atoms with Crippen LogP contribution in [0.2, 0.25) is 25.7 Å². The van der Waals surface area contributed by atoms with E-state index in [0.29, 0.717) is 5.30 Å². The molecule has 1 aliphatic carbocycles. The summed E-state index contributed by atoms with van der Waals surface area (Å²) in [5, 5.41) is 0.359. The number of hydrogen-bond donors (Lipinski definition) is 2. The largest absolute Gasteiger partial charge is 0.358 e. The van der Waals surface area contributed by atoms with Gasteiger partial charge in [-0.05, 0) is 43.7 Å². The van der Waals surface area contributed by atoms with E-state index in [1.807, 2.05) is 6.07 Å². The molecule has 0 saturated heterocycles. The van der Waals surface area contributed by atoms with Crippen LogP contribution in [0.5, 0.6) is 0 Å². The fourth-order valence-electron chi connectivity index (χ4n) is 5.20. The summed E-state index contributed by atoms with van der Waals surface area (Å²) in [5.74, 6) is 0.938. The van der Waals surface area contributed by atoms with Gasteiger partial charge in [-0.25, -0.2) is 0 Å². The monoisotopic (exact) mass is 495 g/mol. The molecule has 0 spiro atoms. The smallest absolute Gasteiger partial charge is 0.325 e. The van der Waals surface area contributed by atoms with Gasteiger partial charge in [0.1, 0.15) is 0 Å². The number of rotatable bonds is 16. The van der Waals surface area contributed by atoms with E-state index in [-0.39, 0.29) is 12.1 Å². The maximum Gasteiger partial charge on any atom is 0.358 e. The first-order valence-corrected chi connectivity index (χ1v) is 18.7. The average molecular weight is 496 g/mol. The van der Waals surface area contributed by atoms with E-state index in [1.165, 1.54) is 70.3 Å². The van der Waals surface area contributed by atoms with Gasteiger partial charge in [0.25, 0.3) is 0 Å². The second-order valence-corrected chi connectivity index (χ2v) is 19.1. The third-order valence-corrected chi connectivity index (χ3v) is 10.6. The molecule has 0 aromatic heterocycles. The van der Waals surface area contributed by atoms with Crippen LogP contribution in [0.4, 0.5) is 0 Å². The Labute approximate surface area is 204 Å². The van der Waals surface area contributed by atoms with E-state index in [0.717, 1.165) is 31.6 Å². The van der Waals surface area contributed by atoms with Crippen molar-refractivity contribution < 1.29 is 14.0 Å². The van der Waals surface area contributed by atoms with Crippen molar-refractivity contribution in [2.24, 2.45) is 11.7 Å². The van der Waals surface area contributed by atoms with Crippen LogP contribution >= 0.6 is 7.60 Å². The topological polar surface area (TPSA) is 72.5 Å². The summed E-state index contributed by atoms with van der Waals surface area (Å²) in [7, 11) is -4.76. The fraction of sp³-hybridized carbons (Fsp3) is 0.778. The molecule has 0 bridgehead atoms. The van der Waals surface area contributed by atoms with Gasteiger partial charge in [0.05, 0.1) is 11.9 Å². The predicted octanol–water partition coefficient (Wildman–Crippen LogP) is 7.64. The van der Waals surface area contributed by atoms with Crippen LogP contribution in [0.15, 0.2) is 30.3 Å². The zero-order valence-electron chi connectivity index (χ0n) is 21.6. The minimum absolute atomic E-state index is 0.179. The summed E-state index contributed by atoms with van der Waals surface area (Å²) < 4.78 is 18.0. The minimum Gasteiger partial charge on any atom is -0.325 e. The van der Waals surface area contributed by atoms with Crippen LogP contribution in [0.25, 0.3) is 0 Å². The zero-order valence-corrected chi connectivity index (χ0v) is 23.5. The molecule has 1 aromatic rings. The first-order valence-electron chi connectivity index (χ1n) is 13.4. The van der Waals surface area contributed by atoms with Crippen LogP contribution in [0, 0.1) is 5.92 Å². The van der Waals surface area contributed by atoms with E-state index < -0.39 is 15.7 Å². The number of unbranched alkanes of at least 4 members (excludes halogenated alkanes) is 2. The molecule has 3 N–H and O–H groups in total. The van der Waals surface area contributed by atoms with Gasteiger partial charge in [0.2, 0.25) is 0 Å². The molecule has 4 nitrogen and oxygen atoms in total. The molecule has 1 aromatic carbocycles. The molecule has 190 valence electrons. The lowest BCUT2D eigenvalue weighted by atomic mass is 9.82. The summed E-state index contributed by atoms with van der Waals surface area (Å²) in [6.07, 6.45) is 17.1. The Balaban J connectivity index is 1.79. The highest BCUT2D eigenvalue weighted by Gasteiger charge is 2.26. The SMILES string of the molecule is C[Si](C)(C)CCCCC(N)(CCCCC1CCCCC1)CCCOP(=O)(O)c1ccccc1. The van der Waals surface area contributed by atoms with Crippen LogP contribution in [-0.2, 0) is 9.09 Å². The number of nitrogens with two attached hydrogens (primary N) is 1. The maximum atomic E-state index is 12.5. The Bertz CT molecular complexity index is 703. The van der Waals surface area contributed by atoms with Crippen molar-refractivity contribution >= 4 is 21.0 Å². The zero-order chi connectivity index (χ0) is 24.2. The minimum atomic E-state index is -3.75. The second-order valence-electron chi connectivity index (χ2n) is 11.7. The van der Waals surface area contributed by atoms with E-state index in [4.69, 9.17) is 10.3 Å². The Morgan fingerprint density at radius 3 is 2.21 bits per heavy atom. The number of hydrogen-bond acceptors (Lipinski definition) is 3. The second kappa shape index (κ2) is 14.2. The molecule has 6 heteroatoms. The third-order valence-electron chi connectivity index (χ3n) is 7.28. The highest BCUT2D eigenvalue weighted by Crippen LogP contribution is 2.41. The lowest BCUT2D eigenvalue weighted by Gasteiger charge is -2.31. The Morgan fingerprint density at radius 1 is 0.970 bits per heavy atom. The van der Waals surface area contributed by atoms with Gasteiger partial charge in [0, 0.05) is 13.6 Å². The van der Waals surface area contributed by atoms with E-state index in [9.17, 15) is 9.46 Å². The lowest BCUT2D eigenvalue weighted by Crippen LogP contribution is -2.40. The molecule has 2 atom stereocenters. The van der Waals surface area contributed by atoms with E-state index >= 15 is 0 Å². The highest BCUT2D eigenvalue weighted by molar-refractivity contribution is 7.61. The molecule has 0 heterocycles. The van der Waals surface area contributed by atoms with Crippen molar-refractivity contribution in [3.8, 4) is 0 Å². The molecule has 2 rings (SSSR count). The summed E-state index contributed by atoms with van der Waals surface area (Å²) in [5.41, 5.74) is 6.77. The summed E-state index contributed by atoms with van der Waals surface area (Å²) in [6, 6.07) is 10.0. The standard InChI is InChI=1S/C27H50NO3PSi/c1-33(2,3)24-13-12-21-27(28,20-11-10-17-25-15-6-4-7-16-25)22-14-23-31-32(29,30)26-18-8-5-9-19-26/h5,8-9,18-19,25H,4,6-7,10-17,20-24,28H2,1-3H3,(H,29,30). The first-order chi connectivity index (χ1) is 15.6. The number of benzene rings is 1. The lowest BCUT2D eigenvalue weighted by molar-refractivity contribution is 0.234. The molecular weight excluding hydrogens is 445 g/mol. The normalized spacial score (nSPS) is 19.2. The molecular formula is C27H50NO3PSi. The summed E-state index contributed by atoms with van der Waals surface area (Å²) >= 11 is 0. The average Bonchev–Trinajstić information content (AvgIpc) is 2.78. The molecule has 33 heavy (non-hydrogen) atoms. The first kappa shape index (κ1) is 28.8. The van der Waals surface area contributed by atoms with Crippen molar-refractivity contribution in [2.75, 3.05) is 6.61 Å². The van der Waals surface area contributed by atoms with Crippen molar-refractivity contribution in [3.63, 3.8) is 0 Å². The third kappa shape index (κ3) is 12.2. The van der Waals surface area contributed by atoms with Gasteiger partial charge in [-0.2, -0.15) is 0 Å². The molecule has 2 unspecified atom stereocenters.